The number of carbonyl (C=O) groups is 2. The predicted molar refractivity (Wildman–Crippen MR) is 165 cm³/mol. The summed E-state index contributed by atoms with van der Waals surface area (Å²) in [5, 5.41) is 0. The maximum atomic E-state index is 12.3. The lowest BCUT2D eigenvalue weighted by molar-refractivity contribution is -0.160. The molecule has 0 spiro atoms. The number of para-hydroxylation sites is 2. The minimum Gasteiger partial charge on any atom is -0.454 e. The normalized spacial score (nSPS) is 12.4. The molecule has 2 rings (SSSR count). The van der Waals surface area contributed by atoms with Gasteiger partial charge in [-0.3, -0.25) is 0 Å². The van der Waals surface area contributed by atoms with Crippen molar-refractivity contribution < 1.29 is 28.5 Å². The molecule has 0 N–H and O–H groups in total. The van der Waals surface area contributed by atoms with Gasteiger partial charge in [0.25, 0.3) is 0 Å². The number of ether oxygens (including phenoxy) is 4. The van der Waals surface area contributed by atoms with Crippen molar-refractivity contribution in [2.24, 2.45) is 0 Å². The van der Waals surface area contributed by atoms with E-state index in [1.807, 2.05) is 61.5 Å². The molecule has 0 bridgehead atoms. The van der Waals surface area contributed by atoms with Crippen LogP contribution in [-0.4, -0.2) is 24.5 Å². The van der Waals surface area contributed by atoms with Crippen LogP contribution in [-0.2, 0) is 19.1 Å². The number of esters is 2. The van der Waals surface area contributed by atoms with Crippen molar-refractivity contribution in [2.75, 3.05) is 0 Å². The van der Waals surface area contributed by atoms with Crippen LogP contribution in [0.5, 0.6) is 11.5 Å². The van der Waals surface area contributed by atoms with E-state index in [2.05, 4.69) is 27.0 Å². The van der Waals surface area contributed by atoms with E-state index < -0.39 is 24.5 Å². The standard InChI is InChI=1S/C35H46O6/c1-8-10-12-21-31(40-34(36)25(3)4)38-30-20-15-14-18-28(30)23-24-29-19-16-17-27(7)33(29)39-32(22-13-11-9-2)41-35(37)26(5)6/h14-20,23-24,31-32H,3,5,8-13,21-22H2,1-2,4,6-7H3/b24-23+. The summed E-state index contributed by atoms with van der Waals surface area (Å²) in [6.45, 7) is 16.8. The van der Waals surface area contributed by atoms with E-state index >= 15 is 0 Å². The second kappa shape index (κ2) is 17.8. The molecule has 2 aromatic carbocycles. The van der Waals surface area contributed by atoms with Gasteiger partial charge in [0.15, 0.2) is 0 Å². The van der Waals surface area contributed by atoms with Crippen LogP contribution in [0.1, 0.15) is 95.8 Å². The number of rotatable bonds is 18. The first-order valence-electron chi connectivity index (χ1n) is 14.6. The molecular formula is C35H46O6. The maximum Gasteiger partial charge on any atom is 0.336 e. The van der Waals surface area contributed by atoms with E-state index in [4.69, 9.17) is 18.9 Å². The quantitative estimate of drug-likeness (QED) is 0.0594. The molecule has 222 valence electrons. The lowest BCUT2D eigenvalue weighted by Crippen LogP contribution is -2.25. The number of hydrogen-bond donors (Lipinski definition) is 0. The summed E-state index contributed by atoms with van der Waals surface area (Å²) in [4.78, 5) is 24.6. The van der Waals surface area contributed by atoms with Gasteiger partial charge in [0.05, 0.1) is 0 Å². The molecule has 0 saturated heterocycles. The minimum atomic E-state index is -0.721. The summed E-state index contributed by atoms with van der Waals surface area (Å²) in [5.41, 5.74) is 3.24. The van der Waals surface area contributed by atoms with E-state index in [0.717, 1.165) is 55.2 Å². The van der Waals surface area contributed by atoms with Crippen LogP contribution < -0.4 is 9.47 Å². The summed E-state index contributed by atoms with van der Waals surface area (Å²) in [6, 6.07) is 13.5. The Morgan fingerprint density at radius 1 is 0.732 bits per heavy atom. The fraction of sp³-hybridized carbons (Fsp3) is 0.429. The number of unbranched alkanes of at least 4 members (excludes halogenated alkanes) is 4. The summed E-state index contributed by atoms with van der Waals surface area (Å²) in [7, 11) is 0. The SMILES string of the molecule is C=C(C)C(=O)OC(CCCCC)Oc1ccccc1/C=C/c1cccc(C)c1OC(CCCCC)OC(=O)C(=C)C. The van der Waals surface area contributed by atoms with Crippen molar-refractivity contribution in [2.45, 2.75) is 98.6 Å². The molecule has 0 saturated carbocycles. The average molecular weight is 563 g/mol. The molecule has 6 heteroatoms. The summed E-state index contributed by atoms with van der Waals surface area (Å²) >= 11 is 0. The third kappa shape index (κ3) is 11.7. The lowest BCUT2D eigenvalue weighted by atomic mass is 10.1. The second-order valence-electron chi connectivity index (χ2n) is 10.3. The summed E-state index contributed by atoms with van der Waals surface area (Å²) in [6.07, 6.45) is 9.50. The van der Waals surface area contributed by atoms with Gasteiger partial charge in [-0.1, -0.05) is 101 Å². The van der Waals surface area contributed by atoms with Crippen molar-refractivity contribution in [1.29, 1.82) is 0 Å². The zero-order chi connectivity index (χ0) is 30.2. The first-order chi connectivity index (χ1) is 19.7. The first kappa shape index (κ1) is 33.4. The smallest absolute Gasteiger partial charge is 0.336 e. The Morgan fingerprint density at radius 3 is 1.80 bits per heavy atom. The largest absolute Gasteiger partial charge is 0.454 e. The highest BCUT2D eigenvalue weighted by Gasteiger charge is 2.20. The molecule has 2 atom stereocenters. The van der Waals surface area contributed by atoms with Gasteiger partial charge in [0.2, 0.25) is 12.6 Å². The Hall–Kier alpha value is -3.80. The van der Waals surface area contributed by atoms with Crippen molar-refractivity contribution in [1.82, 2.24) is 0 Å². The van der Waals surface area contributed by atoms with Crippen LogP contribution in [0.2, 0.25) is 0 Å². The zero-order valence-corrected chi connectivity index (χ0v) is 25.4. The molecule has 41 heavy (non-hydrogen) atoms. The molecule has 2 aromatic rings. The monoisotopic (exact) mass is 562 g/mol. The van der Waals surface area contributed by atoms with Gasteiger partial charge >= 0.3 is 11.9 Å². The fourth-order valence-electron chi connectivity index (χ4n) is 3.99. The Morgan fingerprint density at radius 2 is 1.24 bits per heavy atom. The molecule has 0 aliphatic rings. The summed E-state index contributed by atoms with van der Waals surface area (Å²) in [5.74, 6) is 0.305. The molecule has 0 heterocycles. The van der Waals surface area contributed by atoms with E-state index in [-0.39, 0.29) is 0 Å². The topological polar surface area (TPSA) is 71.1 Å². The first-order valence-corrected chi connectivity index (χ1v) is 14.6. The molecule has 0 radical (unpaired) electrons. The van der Waals surface area contributed by atoms with Gasteiger partial charge in [-0.15, -0.1) is 0 Å². The van der Waals surface area contributed by atoms with Crippen LogP contribution >= 0.6 is 0 Å². The minimum absolute atomic E-state index is 0.330. The highest BCUT2D eigenvalue weighted by molar-refractivity contribution is 5.87. The van der Waals surface area contributed by atoms with Gasteiger partial charge in [-0.25, -0.2) is 9.59 Å². The van der Waals surface area contributed by atoms with Gasteiger partial charge in [-0.05, 0) is 45.2 Å². The maximum absolute atomic E-state index is 12.3. The molecular weight excluding hydrogens is 516 g/mol. The number of benzene rings is 2. The van der Waals surface area contributed by atoms with Crippen LogP contribution in [0.25, 0.3) is 12.2 Å². The van der Waals surface area contributed by atoms with Crippen LogP contribution in [0, 0.1) is 6.92 Å². The predicted octanol–water partition coefficient (Wildman–Crippen LogP) is 8.97. The number of carbonyl (C=O) groups excluding carboxylic acids is 2. The zero-order valence-electron chi connectivity index (χ0n) is 25.4. The van der Waals surface area contributed by atoms with Gasteiger partial charge in [0.1, 0.15) is 11.5 Å². The van der Waals surface area contributed by atoms with Crippen molar-refractivity contribution in [3.63, 3.8) is 0 Å². The lowest BCUT2D eigenvalue weighted by Gasteiger charge is -2.22. The molecule has 0 aliphatic heterocycles. The van der Waals surface area contributed by atoms with E-state index in [1.54, 1.807) is 13.8 Å². The molecule has 0 fully saturated rings. The third-order valence-corrected chi connectivity index (χ3v) is 6.37. The highest BCUT2D eigenvalue weighted by Crippen LogP contribution is 2.30. The van der Waals surface area contributed by atoms with E-state index in [0.29, 0.717) is 35.5 Å². The molecule has 6 nitrogen and oxygen atoms in total. The molecule has 2 unspecified atom stereocenters. The van der Waals surface area contributed by atoms with Gasteiger partial charge in [0, 0.05) is 35.1 Å². The van der Waals surface area contributed by atoms with Crippen molar-refractivity contribution >= 4 is 24.1 Å². The number of hydrogen-bond acceptors (Lipinski definition) is 6. The molecule has 0 amide bonds. The van der Waals surface area contributed by atoms with Gasteiger partial charge in [-0.2, -0.15) is 0 Å². The fourth-order valence-corrected chi connectivity index (χ4v) is 3.99. The van der Waals surface area contributed by atoms with E-state index in [1.165, 1.54) is 0 Å². The van der Waals surface area contributed by atoms with Crippen LogP contribution in [0.15, 0.2) is 66.8 Å². The van der Waals surface area contributed by atoms with Crippen LogP contribution in [0.3, 0.4) is 0 Å². The summed E-state index contributed by atoms with van der Waals surface area (Å²) < 4.78 is 23.8. The Labute approximate surface area is 246 Å². The van der Waals surface area contributed by atoms with Crippen LogP contribution in [0.4, 0.5) is 0 Å². The highest BCUT2D eigenvalue weighted by atomic mass is 16.7. The Bertz CT molecular complexity index is 1190. The van der Waals surface area contributed by atoms with Crippen molar-refractivity contribution in [3.05, 3.63) is 83.5 Å². The van der Waals surface area contributed by atoms with E-state index in [9.17, 15) is 9.59 Å². The number of aryl methyl sites for hydroxylation is 1. The Kier molecular flexibility index (Phi) is 14.5. The average Bonchev–Trinajstić information content (AvgIpc) is 2.93. The molecule has 0 aliphatic carbocycles. The molecule has 0 aromatic heterocycles. The second-order valence-corrected chi connectivity index (χ2v) is 10.3. The third-order valence-electron chi connectivity index (χ3n) is 6.37. The van der Waals surface area contributed by atoms with Gasteiger partial charge < -0.3 is 18.9 Å². The Balaban J connectivity index is 2.32. The van der Waals surface area contributed by atoms with Crippen molar-refractivity contribution in [3.8, 4) is 11.5 Å².